The summed E-state index contributed by atoms with van der Waals surface area (Å²) in [7, 11) is 0. The van der Waals surface area contributed by atoms with Gasteiger partial charge >= 0.3 is 0 Å². The third kappa shape index (κ3) is 33.5. The lowest BCUT2D eigenvalue weighted by Crippen LogP contribution is -2.63. The number of aromatic nitrogens is 9. The highest BCUT2D eigenvalue weighted by molar-refractivity contribution is 5.51. The van der Waals surface area contributed by atoms with Crippen LogP contribution in [-0.2, 0) is 0 Å². The van der Waals surface area contributed by atoms with E-state index in [9.17, 15) is 0 Å². The Labute approximate surface area is 768 Å². The number of nitrogens with one attached hydrogen (secondary N) is 5. The molecule has 3 aromatic rings. The quantitative estimate of drug-likeness (QED) is 0.0334. The molecule has 5 fully saturated rings. The first kappa shape index (κ1) is 106. The smallest absolute Gasteiger partial charge is 0.232 e. The molecule has 125 heavy (non-hydrogen) atoms. The van der Waals surface area contributed by atoms with Crippen LogP contribution in [0.15, 0.2) is 0 Å². The van der Waals surface area contributed by atoms with Crippen LogP contribution < -0.4 is 65.8 Å². The van der Waals surface area contributed by atoms with E-state index < -0.39 is 0 Å². The summed E-state index contributed by atoms with van der Waals surface area (Å²) >= 11 is 0. The number of nitrogens with zero attached hydrogens (tertiary/aromatic N) is 17. The van der Waals surface area contributed by atoms with Crippen LogP contribution in [-0.4, -0.2) is 202 Å². The highest BCUT2D eigenvalue weighted by Crippen LogP contribution is 2.43. The second-order valence-electron chi connectivity index (χ2n) is 46.8. The molecular weight excluding hydrogens is 1550 g/mol. The molecule has 5 aliphatic heterocycles. The summed E-state index contributed by atoms with van der Waals surface area (Å²) in [5.74, 6) is 8.28. The molecule has 22 heteroatoms. The summed E-state index contributed by atoms with van der Waals surface area (Å²) < 4.78 is 0. The van der Waals surface area contributed by atoms with Crippen molar-refractivity contribution in [3.8, 4) is 0 Å². The first-order chi connectivity index (χ1) is 58.8. The minimum absolute atomic E-state index is 0.0566. The molecule has 0 bridgehead atoms. The van der Waals surface area contributed by atoms with Crippen molar-refractivity contribution < 1.29 is 0 Å². The molecule has 3 aromatic heterocycles. The average Bonchev–Trinajstić information content (AvgIpc) is 0.769. The van der Waals surface area contributed by atoms with Crippen LogP contribution in [0.3, 0.4) is 0 Å². The third-order valence-electron chi connectivity index (χ3n) is 27.7. The fourth-order valence-corrected chi connectivity index (χ4v) is 23.5. The molecule has 0 radical (unpaired) electrons. The molecule has 5 aliphatic rings. The Balaban J connectivity index is 1.20. The molecule has 0 spiro atoms. The zero-order valence-electron chi connectivity index (χ0n) is 86.7. The lowest BCUT2D eigenvalue weighted by molar-refractivity contribution is 0.155. The molecule has 5 N–H and O–H groups in total. The van der Waals surface area contributed by atoms with Gasteiger partial charge in [-0.3, -0.25) is 0 Å². The maximum absolute atomic E-state index is 6.12. The second-order valence-corrected chi connectivity index (χ2v) is 46.8. The van der Waals surface area contributed by atoms with Gasteiger partial charge in [0.1, 0.15) is 5.82 Å². The zero-order chi connectivity index (χ0) is 91.8. The number of hydrogen-bond donors (Lipinski definition) is 5. The van der Waals surface area contributed by atoms with E-state index in [2.05, 4.69) is 267 Å². The van der Waals surface area contributed by atoms with E-state index in [4.69, 9.17) is 44.9 Å². The van der Waals surface area contributed by atoms with Crippen LogP contribution in [0.5, 0.6) is 0 Å². The molecule has 8 heterocycles. The third-order valence-corrected chi connectivity index (χ3v) is 27.7. The monoisotopic (exact) mass is 1740 g/mol. The van der Waals surface area contributed by atoms with E-state index in [1.54, 1.807) is 0 Å². The standard InChI is InChI=1S/C103H196N22/c1-30-39-56-79(57-40-31-2)85-104-86(118(58-41-32-3)59-42-33-4)107-89(105-85)122(81-71-96(14,15)114-97(16,17)72-81)65-52-48-49-54-67-124(83-75-100(22,23)116-101(24,25)76-83)92-110-91(121(64-47-38-9)80-69-94(10,11)113-95(12,13)70-80)111-93(112-92)125(84-77-102(26,27)117-103(28,29)78-84)68-55-51-50-53-66-123(82-73-98(18,19)115-99(20,21)74-82)90-108-87(119(60-43-34-5)61-44-35-6)106-88(109-90)120(62-45-36-7)63-46-37-8/h79-84,113-117H,30-78H2,1-29H3. The van der Waals surface area contributed by atoms with Gasteiger partial charge in [0.15, 0.2) is 0 Å². The summed E-state index contributed by atoms with van der Waals surface area (Å²) in [5.41, 5.74) is -0.882. The number of unbranched alkanes of at least 4 members (excludes halogenated alkanes) is 15. The lowest BCUT2D eigenvalue weighted by atomic mass is 9.79. The molecule has 0 unspecified atom stereocenters. The predicted molar refractivity (Wildman–Crippen MR) is 538 cm³/mol. The van der Waals surface area contributed by atoms with Crippen molar-refractivity contribution >= 4 is 47.6 Å². The highest BCUT2D eigenvalue weighted by Gasteiger charge is 2.48. The predicted octanol–water partition coefficient (Wildman–Crippen LogP) is 22.8. The Morgan fingerprint density at radius 2 is 0.368 bits per heavy atom. The van der Waals surface area contributed by atoms with E-state index in [1.807, 2.05) is 0 Å². The molecule has 0 aromatic carbocycles. The van der Waals surface area contributed by atoms with Gasteiger partial charge in [-0.05, 0) is 286 Å². The number of anilines is 8. The van der Waals surface area contributed by atoms with E-state index in [0.29, 0.717) is 5.92 Å². The highest BCUT2D eigenvalue weighted by atomic mass is 15.4. The van der Waals surface area contributed by atoms with Crippen molar-refractivity contribution in [1.29, 1.82) is 0 Å². The molecule has 8 rings (SSSR count). The van der Waals surface area contributed by atoms with Crippen molar-refractivity contribution in [3.63, 3.8) is 0 Å². The lowest BCUT2D eigenvalue weighted by Gasteiger charge is -2.51. The van der Waals surface area contributed by atoms with Crippen LogP contribution in [0.2, 0.25) is 0 Å². The topological polar surface area (TPSA) is 202 Å². The number of rotatable bonds is 55. The van der Waals surface area contributed by atoms with Crippen molar-refractivity contribution in [3.05, 3.63) is 5.82 Å². The fraction of sp³-hybridized carbons (Fsp3) is 0.913. The molecule has 0 amide bonds. The minimum atomic E-state index is -0.118. The zero-order valence-corrected chi connectivity index (χ0v) is 86.7. The Hall–Kier alpha value is -4.77. The molecular formula is C103H196N22. The molecule has 718 valence electrons. The molecule has 5 saturated heterocycles. The largest absolute Gasteiger partial charge is 0.341 e. The van der Waals surface area contributed by atoms with Gasteiger partial charge in [0.05, 0.1) is 0 Å². The van der Waals surface area contributed by atoms with Crippen LogP contribution in [0.25, 0.3) is 0 Å². The maximum atomic E-state index is 6.12. The Kier molecular flexibility index (Phi) is 40.2. The normalized spacial score (nSPS) is 20.4. The second kappa shape index (κ2) is 47.5. The van der Waals surface area contributed by atoms with Gasteiger partial charge in [0, 0.05) is 164 Å². The molecule has 0 atom stereocenters. The van der Waals surface area contributed by atoms with Gasteiger partial charge in [-0.15, -0.1) is 0 Å². The van der Waals surface area contributed by atoms with Crippen molar-refractivity contribution in [2.75, 3.05) is 111 Å². The summed E-state index contributed by atoms with van der Waals surface area (Å²) in [5, 5.41) is 20.5. The van der Waals surface area contributed by atoms with Crippen LogP contribution >= 0.6 is 0 Å². The van der Waals surface area contributed by atoms with Gasteiger partial charge < -0.3 is 65.8 Å². The van der Waals surface area contributed by atoms with Gasteiger partial charge in [-0.2, -0.15) is 44.9 Å². The van der Waals surface area contributed by atoms with E-state index >= 15 is 0 Å². The SMILES string of the molecule is CCCCC(CCCC)c1nc(N(CCCC)CCCC)nc(N(CCCCCCN(c2nc(N(CCCC)C3CC(C)(C)NC(C)(C)C3)nc(N(CCCCCCN(c3nc(N(CCCC)CCCC)nc(N(CCCC)CCCC)n3)C3CC(C)(C)NC(C)(C)C3)C3CC(C)(C)NC(C)(C)C3)n2)C2CC(C)(C)NC(C)(C)C2)C2CC(C)(C)NC(C)(C)C2)n1. The molecule has 22 nitrogen and oxygen atoms in total. The molecule has 0 aliphatic carbocycles. The Morgan fingerprint density at radius 1 is 0.208 bits per heavy atom. The summed E-state index contributed by atoms with van der Waals surface area (Å²) in [6.45, 7) is 79.4. The Morgan fingerprint density at radius 3 is 0.576 bits per heavy atom. The van der Waals surface area contributed by atoms with Crippen LogP contribution in [0.1, 0.15) is 457 Å². The summed E-state index contributed by atoms with van der Waals surface area (Å²) in [6.07, 6.45) is 41.1. The Bertz CT molecular complexity index is 3210. The van der Waals surface area contributed by atoms with Crippen LogP contribution in [0.4, 0.5) is 47.6 Å². The fourth-order valence-electron chi connectivity index (χ4n) is 23.5. The number of hydrogen-bond acceptors (Lipinski definition) is 22. The van der Waals surface area contributed by atoms with Crippen molar-refractivity contribution in [2.24, 2.45) is 0 Å². The number of piperidine rings is 5. The van der Waals surface area contributed by atoms with Crippen LogP contribution in [0, 0.1) is 0 Å². The van der Waals surface area contributed by atoms with Gasteiger partial charge in [0.25, 0.3) is 0 Å². The van der Waals surface area contributed by atoms with Gasteiger partial charge in [0.2, 0.25) is 47.6 Å². The van der Waals surface area contributed by atoms with Gasteiger partial charge in [-0.1, -0.05) is 159 Å². The summed E-state index contributed by atoms with van der Waals surface area (Å²) in [4.78, 5) is 73.1. The first-order valence-electron chi connectivity index (χ1n) is 52.2. The van der Waals surface area contributed by atoms with Crippen molar-refractivity contribution in [1.82, 2.24) is 71.4 Å². The van der Waals surface area contributed by atoms with Gasteiger partial charge in [-0.25, -0.2) is 0 Å². The van der Waals surface area contributed by atoms with Crippen molar-refractivity contribution in [2.45, 2.75) is 536 Å². The van der Waals surface area contributed by atoms with E-state index in [-0.39, 0.29) is 85.6 Å². The van der Waals surface area contributed by atoms with E-state index in [0.717, 1.165) is 344 Å². The minimum Gasteiger partial charge on any atom is -0.341 e. The summed E-state index contributed by atoms with van der Waals surface area (Å²) in [6, 6.07) is 1.13. The van der Waals surface area contributed by atoms with E-state index in [1.165, 1.54) is 25.7 Å². The average molecular weight is 1740 g/mol. The first-order valence-corrected chi connectivity index (χ1v) is 52.2. The maximum Gasteiger partial charge on any atom is 0.232 e. The molecule has 0 saturated carbocycles.